The number of rotatable bonds is 4. The van der Waals surface area contributed by atoms with E-state index in [4.69, 9.17) is 7.85 Å². The average molecular weight is 172 g/mol. The first-order chi connectivity index (χ1) is 6.24. The van der Waals surface area contributed by atoms with Crippen molar-refractivity contribution in [3.05, 3.63) is 34.9 Å². The lowest BCUT2D eigenvalue weighted by Gasteiger charge is -2.06. The van der Waals surface area contributed by atoms with Crippen LogP contribution in [0.25, 0.3) is 0 Å². The van der Waals surface area contributed by atoms with Crippen LogP contribution in [0.4, 0.5) is 0 Å². The van der Waals surface area contributed by atoms with Crippen LogP contribution in [0.2, 0.25) is 6.32 Å². The van der Waals surface area contributed by atoms with Crippen molar-refractivity contribution in [2.24, 2.45) is 0 Å². The summed E-state index contributed by atoms with van der Waals surface area (Å²) >= 11 is 0. The fourth-order valence-corrected chi connectivity index (χ4v) is 1.53. The van der Waals surface area contributed by atoms with E-state index in [9.17, 15) is 0 Å². The van der Waals surface area contributed by atoms with Crippen molar-refractivity contribution in [1.82, 2.24) is 0 Å². The van der Waals surface area contributed by atoms with Gasteiger partial charge in [-0.2, -0.15) is 0 Å². The standard InChI is InChI=1S/C12H17B/c1-10-6-7-11(2)12(9-10)5-3-4-8-13/h6-7,9H,3-5,8H2,1-2H3. The Hall–Kier alpha value is -0.715. The monoisotopic (exact) mass is 172 g/mol. The number of unbranched alkanes of at least 4 members (excludes halogenated alkanes) is 1. The van der Waals surface area contributed by atoms with Gasteiger partial charge in [0.2, 0.25) is 0 Å². The summed E-state index contributed by atoms with van der Waals surface area (Å²) in [5.41, 5.74) is 4.24. The molecule has 0 saturated heterocycles. The van der Waals surface area contributed by atoms with E-state index in [-0.39, 0.29) is 0 Å². The van der Waals surface area contributed by atoms with Crippen LogP contribution in [0.15, 0.2) is 18.2 Å². The molecule has 0 aliphatic rings. The van der Waals surface area contributed by atoms with E-state index < -0.39 is 0 Å². The maximum Gasteiger partial charge on any atom is 0.0653 e. The van der Waals surface area contributed by atoms with Crippen LogP contribution in [-0.4, -0.2) is 7.85 Å². The van der Waals surface area contributed by atoms with Gasteiger partial charge in [-0.1, -0.05) is 36.5 Å². The molecule has 1 aromatic carbocycles. The second-order valence-electron chi connectivity index (χ2n) is 3.68. The number of hydrogen-bond acceptors (Lipinski definition) is 0. The van der Waals surface area contributed by atoms with E-state index in [1.807, 2.05) is 0 Å². The molecule has 0 saturated carbocycles. The molecule has 0 nitrogen and oxygen atoms in total. The second kappa shape index (κ2) is 5.11. The van der Waals surface area contributed by atoms with E-state index in [1.165, 1.54) is 29.5 Å². The molecule has 13 heavy (non-hydrogen) atoms. The molecule has 0 aromatic heterocycles. The third-order valence-electron chi connectivity index (χ3n) is 2.40. The van der Waals surface area contributed by atoms with Crippen LogP contribution >= 0.6 is 0 Å². The molecule has 0 unspecified atom stereocenters. The fraction of sp³-hybridized carbons (Fsp3) is 0.500. The summed E-state index contributed by atoms with van der Waals surface area (Å²) in [6.07, 6.45) is 4.32. The SMILES string of the molecule is [B]CCCCc1cc(C)ccc1C. The van der Waals surface area contributed by atoms with Crippen LogP contribution in [0.3, 0.4) is 0 Å². The Bertz CT molecular complexity index is 266. The molecule has 0 aliphatic heterocycles. The minimum atomic E-state index is 0.810. The molecule has 0 amide bonds. The van der Waals surface area contributed by atoms with Gasteiger partial charge in [-0.25, -0.2) is 0 Å². The Morgan fingerprint density at radius 1 is 1.15 bits per heavy atom. The highest BCUT2D eigenvalue weighted by Crippen LogP contribution is 2.13. The van der Waals surface area contributed by atoms with E-state index in [0.29, 0.717) is 0 Å². The highest BCUT2D eigenvalue weighted by atomic mass is 14.0. The van der Waals surface area contributed by atoms with E-state index in [2.05, 4.69) is 32.0 Å². The predicted octanol–water partition coefficient (Wildman–Crippen LogP) is 3.21. The molecule has 68 valence electrons. The van der Waals surface area contributed by atoms with Gasteiger partial charge in [0.15, 0.2) is 0 Å². The first kappa shape index (κ1) is 10.4. The Labute approximate surface area is 82.8 Å². The largest absolute Gasteiger partial charge is 0.0887 e. The molecular weight excluding hydrogens is 155 g/mol. The summed E-state index contributed by atoms with van der Waals surface area (Å²) in [5, 5.41) is 0. The van der Waals surface area contributed by atoms with Crippen LogP contribution < -0.4 is 0 Å². The molecule has 0 heterocycles. The number of aryl methyl sites for hydroxylation is 3. The molecule has 2 radical (unpaired) electrons. The first-order valence-corrected chi connectivity index (χ1v) is 5.00. The van der Waals surface area contributed by atoms with E-state index >= 15 is 0 Å². The van der Waals surface area contributed by atoms with Gasteiger partial charge in [-0.3, -0.25) is 0 Å². The Kier molecular flexibility index (Phi) is 4.07. The van der Waals surface area contributed by atoms with E-state index in [0.717, 1.165) is 12.7 Å². The van der Waals surface area contributed by atoms with Crippen molar-refractivity contribution >= 4 is 7.85 Å². The summed E-state index contributed by atoms with van der Waals surface area (Å²) in [4.78, 5) is 0. The van der Waals surface area contributed by atoms with Crippen LogP contribution in [0.1, 0.15) is 29.5 Å². The molecule has 1 aromatic rings. The topological polar surface area (TPSA) is 0 Å². The van der Waals surface area contributed by atoms with Crippen molar-refractivity contribution in [3.8, 4) is 0 Å². The second-order valence-corrected chi connectivity index (χ2v) is 3.68. The van der Waals surface area contributed by atoms with E-state index in [1.54, 1.807) is 0 Å². The third kappa shape index (κ3) is 3.26. The molecule has 0 atom stereocenters. The molecule has 0 bridgehead atoms. The summed E-state index contributed by atoms with van der Waals surface area (Å²) in [6.45, 7) is 4.32. The van der Waals surface area contributed by atoms with Gasteiger partial charge in [0.1, 0.15) is 0 Å². The zero-order valence-electron chi connectivity index (χ0n) is 8.64. The van der Waals surface area contributed by atoms with Gasteiger partial charge in [0, 0.05) is 0 Å². The third-order valence-corrected chi connectivity index (χ3v) is 2.40. The van der Waals surface area contributed by atoms with Gasteiger partial charge < -0.3 is 0 Å². The minimum absolute atomic E-state index is 0.810. The normalized spacial score (nSPS) is 10.3. The number of hydrogen-bond donors (Lipinski definition) is 0. The molecule has 0 N–H and O–H groups in total. The zero-order valence-corrected chi connectivity index (χ0v) is 8.64. The maximum absolute atomic E-state index is 5.46. The predicted molar refractivity (Wildman–Crippen MR) is 59.4 cm³/mol. The molecule has 0 fully saturated rings. The minimum Gasteiger partial charge on any atom is -0.0887 e. The average Bonchev–Trinajstić information content (AvgIpc) is 2.11. The lowest BCUT2D eigenvalue weighted by atomic mass is 9.95. The molecule has 0 spiro atoms. The lowest BCUT2D eigenvalue weighted by Crippen LogP contribution is -1.90. The summed E-state index contributed by atoms with van der Waals surface area (Å²) in [7, 11) is 5.46. The van der Waals surface area contributed by atoms with Crippen LogP contribution in [0.5, 0.6) is 0 Å². The molecule has 1 heteroatoms. The zero-order chi connectivity index (χ0) is 9.68. The summed E-state index contributed by atoms with van der Waals surface area (Å²) in [5.74, 6) is 0. The van der Waals surface area contributed by atoms with Gasteiger partial charge in [0.05, 0.1) is 7.85 Å². The van der Waals surface area contributed by atoms with Crippen molar-refractivity contribution in [1.29, 1.82) is 0 Å². The van der Waals surface area contributed by atoms with Gasteiger partial charge in [-0.15, -0.1) is 0 Å². The molecule has 1 rings (SSSR count). The van der Waals surface area contributed by atoms with Gasteiger partial charge >= 0.3 is 0 Å². The highest BCUT2D eigenvalue weighted by Gasteiger charge is 1.97. The highest BCUT2D eigenvalue weighted by molar-refractivity contribution is 6.08. The smallest absolute Gasteiger partial charge is 0.0653 e. The first-order valence-electron chi connectivity index (χ1n) is 5.00. The quantitative estimate of drug-likeness (QED) is 0.483. The summed E-state index contributed by atoms with van der Waals surface area (Å²) in [6, 6.07) is 6.65. The van der Waals surface area contributed by atoms with Crippen molar-refractivity contribution < 1.29 is 0 Å². The lowest BCUT2D eigenvalue weighted by molar-refractivity contribution is 0.789. The summed E-state index contributed by atoms with van der Waals surface area (Å²) < 4.78 is 0. The molecule has 0 aliphatic carbocycles. The Morgan fingerprint density at radius 2 is 1.92 bits per heavy atom. The van der Waals surface area contributed by atoms with Gasteiger partial charge in [0.25, 0.3) is 0 Å². The Balaban J connectivity index is 2.59. The van der Waals surface area contributed by atoms with Crippen molar-refractivity contribution in [2.75, 3.05) is 0 Å². The van der Waals surface area contributed by atoms with Gasteiger partial charge in [-0.05, 0) is 37.8 Å². The maximum atomic E-state index is 5.46. The van der Waals surface area contributed by atoms with Crippen LogP contribution in [-0.2, 0) is 6.42 Å². The molecular formula is C12H17B. The Morgan fingerprint density at radius 3 is 2.62 bits per heavy atom. The van der Waals surface area contributed by atoms with Crippen LogP contribution in [0, 0.1) is 13.8 Å². The van der Waals surface area contributed by atoms with Crippen molar-refractivity contribution in [2.45, 2.75) is 39.4 Å². The van der Waals surface area contributed by atoms with Crippen molar-refractivity contribution in [3.63, 3.8) is 0 Å². The number of benzene rings is 1. The fourth-order valence-electron chi connectivity index (χ4n) is 1.53.